The fourth-order valence-corrected chi connectivity index (χ4v) is 3.64. The molecule has 3 rings (SSSR count). The summed E-state index contributed by atoms with van der Waals surface area (Å²) in [6.45, 7) is 4.66. The number of rotatable bonds is 4. The SMILES string of the molecule is CC(=O)c1c(C)[nH]c(C(=O)Cn2cnc3c(Cl)cc(Cl)cc3c2=O)c1C. The molecule has 2 heterocycles. The fourth-order valence-electron chi connectivity index (χ4n) is 3.10. The van der Waals surface area contributed by atoms with Crippen LogP contribution in [0.4, 0.5) is 0 Å². The third kappa shape index (κ3) is 3.06. The highest BCUT2D eigenvalue weighted by molar-refractivity contribution is 6.38. The minimum atomic E-state index is -0.416. The predicted octanol–water partition coefficient (Wildman–Crippen LogP) is 3.73. The first-order valence-electron chi connectivity index (χ1n) is 7.78. The molecule has 0 fully saturated rings. The van der Waals surface area contributed by atoms with E-state index in [4.69, 9.17) is 23.2 Å². The van der Waals surface area contributed by atoms with Crippen LogP contribution in [0.15, 0.2) is 23.3 Å². The van der Waals surface area contributed by atoms with Gasteiger partial charge < -0.3 is 4.98 Å². The summed E-state index contributed by atoms with van der Waals surface area (Å²) in [4.78, 5) is 44.1. The molecule has 0 saturated heterocycles. The normalized spacial score (nSPS) is 11.1. The Kier molecular flexibility index (Phi) is 4.73. The van der Waals surface area contributed by atoms with Crippen molar-refractivity contribution < 1.29 is 9.59 Å². The number of H-pyrrole nitrogens is 1. The molecule has 0 saturated carbocycles. The lowest BCUT2D eigenvalue weighted by atomic mass is 10.1. The number of ketones is 2. The van der Waals surface area contributed by atoms with Crippen molar-refractivity contribution in [3.8, 4) is 0 Å². The van der Waals surface area contributed by atoms with Gasteiger partial charge in [0.25, 0.3) is 5.56 Å². The molecule has 0 aliphatic heterocycles. The van der Waals surface area contributed by atoms with E-state index in [-0.39, 0.29) is 28.5 Å². The third-order valence-electron chi connectivity index (χ3n) is 4.23. The minimum Gasteiger partial charge on any atom is -0.355 e. The Labute approximate surface area is 158 Å². The van der Waals surface area contributed by atoms with Crippen LogP contribution in [0, 0.1) is 13.8 Å². The largest absolute Gasteiger partial charge is 0.355 e. The average molecular weight is 392 g/mol. The highest BCUT2D eigenvalue weighted by Gasteiger charge is 2.20. The zero-order valence-electron chi connectivity index (χ0n) is 14.3. The summed E-state index contributed by atoms with van der Waals surface area (Å²) in [5, 5.41) is 0.819. The lowest BCUT2D eigenvalue weighted by molar-refractivity contribution is 0.0965. The highest BCUT2D eigenvalue weighted by Crippen LogP contribution is 2.24. The molecule has 0 spiro atoms. The number of Topliss-reactive ketones (excluding diaryl/α,β-unsaturated/α-hetero) is 2. The Morgan fingerprint density at radius 3 is 2.54 bits per heavy atom. The summed E-state index contributed by atoms with van der Waals surface area (Å²) in [7, 11) is 0. The van der Waals surface area contributed by atoms with Gasteiger partial charge in [-0.25, -0.2) is 4.98 Å². The van der Waals surface area contributed by atoms with Crippen LogP contribution in [-0.4, -0.2) is 26.1 Å². The van der Waals surface area contributed by atoms with Gasteiger partial charge in [-0.1, -0.05) is 23.2 Å². The third-order valence-corrected chi connectivity index (χ3v) is 4.73. The maximum Gasteiger partial charge on any atom is 0.261 e. The summed E-state index contributed by atoms with van der Waals surface area (Å²) >= 11 is 12.0. The van der Waals surface area contributed by atoms with Gasteiger partial charge in [0.1, 0.15) is 0 Å². The topological polar surface area (TPSA) is 84.8 Å². The number of carbonyl (C=O) groups is 2. The molecule has 2 aromatic heterocycles. The number of aryl methyl sites for hydroxylation is 1. The first-order valence-corrected chi connectivity index (χ1v) is 8.53. The average Bonchev–Trinajstić information content (AvgIpc) is 2.85. The molecular weight excluding hydrogens is 377 g/mol. The zero-order valence-corrected chi connectivity index (χ0v) is 15.8. The fraction of sp³-hybridized carbons (Fsp3) is 0.222. The number of fused-ring (bicyclic) bond motifs is 1. The van der Waals surface area contributed by atoms with Crippen molar-refractivity contribution in [2.24, 2.45) is 0 Å². The molecule has 0 radical (unpaired) electrons. The number of nitrogens with zero attached hydrogens (tertiary/aromatic N) is 2. The molecule has 8 heteroatoms. The van der Waals surface area contributed by atoms with Crippen molar-refractivity contribution in [3.63, 3.8) is 0 Å². The molecule has 26 heavy (non-hydrogen) atoms. The van der Waals surface area contributed by atoms with Crippen LogP contribution in [0.25, 0.3) is 10.9 Å². The van der Waals surface area contributed by atoms with E-state index < -0.39 is 5.56 Å². The quantitative estimate of drug-likeness (QED) is 0.686. The molecule has 134 valence electrons. The van der Waals surface area contributed by atoms with Crippen molar-refractivity contribution in [1.82, 2.24) is 14.5 Å². The van der Waals surface area contributed by atoms with Gasteiger partial charge in [-0.15, -0.1) is 0 Å². The van der Waals surface area contributed by atoms with E-state index >= 15 is 0 Å². The number of hydrogen-bond donors (Lipinski definition) is 1. The summed E-state index contributed by atoms with van der Waals surface area (Å²) in [5.74, 6) is -0.446. The van der Waals surface area contributed by atoms with Crippen LogP contribution < -0.4 is 5.56 Å². The second-order valence-electron chi connectivity index (χ2n) is 6.07. The first-order chi connectivity index (χ1) is 12.2. The number of nitrogens with one attached hydrogen (secondary N) is 1. The van der Waals surface area contributed by atoms with Crippen LogP contribution in [0.5, 0.6) is 0 Å². The second-order valence-corrected chi connectivity index (χ2v) is 6.91. The van der Waals surface area contributed by atoms with Gasteiger partial charge in [0.05, 0.1) is 34.5 Å². The number of aromatic amines is 1. The van der Waals surface area contributed by atoms with Gasteiger partial charge >= 0.3 is 0 Å². The van der Waals surface area contributed by atoms with E-state index in [0.29, 0.717) is 33.1 Å². The maximum atomic E-state index is 12.7. The minimum absolute atomic E-state index is 0.121. The summed E-state index contributed by atoms with van der Waals surface area (Å²) in [6, 6.07) is 2.97. The Bertz CT molecular complexity index is 1130. The monoisotopic (exact) mass is 391 g/mol. The van der Waals surface area contributed by atoms with E-state index in [1.165, 1.54) is 30.0 Å². The number of hydrogen-bond acceptors (Lipinski definition) is 4. The van der Waals surface area contributed by atoms with E-state index in [1.54, 1.807) is 13.8 Å². The molecule has 3 aromatic rings. The van der Waals surface area contributed by atoms with E-state index in [2.05, 4.69) is 9.97 Å². The molecule has 6 nitrogen and oxygen atoms in total. The Hall–Kier alpha value is -2.44. The van der Waals surface area contributed by atoms with Crippen molar-refractivity contribution in [1.29, 1.82) is 0 Å². The van der Waals surface area contributed by atoms with Gasteiger partial charge in [0, 0.05) is 16.3 Å². The van der Waals surface area contributed by atoms with Crippen molar-refractivity contribution in [2.75, 3.05) is 0 Å². The van der Waals surface area contributed by atoms with Gasteiger partial charge in [-0.05, 0) is 38.5 Å². The number of carbonyl (C=O) groups excluding carboxylic acids is 2. The lowest BCUT2D eigenvalue weighted by Crippen LogP contribution is -2.25. The zero-order chi connectivity index (χ0) is 19.2. The summed E-state index contributed by atoms with van der Waals surface area (Å²) in [5.41, 5.74) is 1.92. The molecule has 0 bridgehead atoms. The number of aromatic nitrogens is 3. The molecule has 0 atom stereocenters. The van der Waals surface area contributed by atoms with Crippen LogP contribution >= 0.6 is 23.2 Å². The lowest BCUT2D eigenvalue weighted by Gasteiger charge is -2.07. The Morgan fingerprint density at radius 2 is 1.92 bits per heavy atom. The molecule has 1 N–H and O–H groups in total. The highest BCUT2D eigenvalue weighted by atomic mass is 35.5. The molecular formula is C18H15Cl2N3O3. The van der Waals surface area contributed by atoms with Crippen molar-refractivity contribution in [3.05, 3.63) is 61.4 Å². The van der Waals surface area contributed by atoms with E-state index in [0.717, 1.165) is 0 Å². The second kappa shape index (κ2) is 6.70. The maximum absolute atomic E-state index is 12.7. The number of benzene rings is 1. The van der Waals surface area contributed by atoms with Crippen LogP contribution in [-0.2, 0) is 6.54 Å². The van der Waals surface area contributed by atoms with Gasteiger partial charge in [0.2, 0.25) is 0 Å². The van der Waals surface area contributed by atoms with E-state index in [9.17, 15) is 14.4 Å². The smallest absolute Gasteiger partial charge is 0.261 e. The number of halogens is 2. The van der Waals surface area contributed by atoms with Crippen LogP contribution in [0.3, 0.4) is 0 Å². The van der Waals surface area contributed by atoms with E-state index in [1.807, 2.05) is 0 Å². The van der Waals surface area contributed by atoms with Crippen molar-refractivity contribution >= 4 is 45.7 Å². The molecule has 0 aliphatic carbocycles. The molecule has 0 aliphatic rings. The van der Waals surface area contributed by atoms with Crippen LogP contribution in [0.2, 0.25) is 10.0 Å². The first kappa shape index (κ1) is 18.4. The molecule has 1 aromatic carbocycles. The van der Waals surface area contributed by atoms with Gasteiger partial charge in [-0.2, -0.15) is 0 Å². The Balaban J connectivity index is 2.03. The van der Waals surface area contributed by atoms with Gasteiger partial charge in [-0.3, -0.25) is 19.0 Å². The summed E-state index contributed by atoms with van der Waals surface area (Å²) < 4.78 is 1.19. The van der Waals surface area contributed by atoms with Crippen LogP contribution in [0.1, 0.15) is 39.0 Å². The predicted molar refractivity (Wildman–Crippen MR) is 101 cm³/mol. The standard InChI is InChI=1S/C18H15Cl2N3O3/c1-8-15(10(3)24)9(2)22-16(8)14(25)6-23-7-21-17-12(18(23)26)4-11(19)5-13(17)20/h4-5,7,22H,6H2,1-3H3. The Morgan fingerprint density at radius 1 is 1.23 bits per heavy atom. The van der Waals surface area contributed by atoms with Crippen molar-refractivity contribution in [2.45, 2.75) is 27.3 Å². The van der Waals surface area contributed by atoms with Gasteiger partial charge in [0.15, 0.2) is 11.6 Å². The molecule has 0 unspecified atom stereocenters. The molecule has 0 amide bonds. The summed E-state index contributed by atoms with van der Waals surface area (Å²) in [6.07, 6.45) is 1.28.